The number of nitrogens with one attached hydrogen (secondary N) is 2. The van der Waals surface area contributed by atoms with Crippen LogP contribution in [0.1, 0.15) is 27.0 Å². The summed E-state index contributed by atoms with van der Waals surface area (Å²) in [5.74, 6) is -0.190. The van der Waals surface area contributed by atoms with Crippen molar-refractivity contribution in [3.05, 3.63) is 64.7 Å². The van der Waals surface area contributed by atoms with Crippen LogP contribution in [-0.4, -0.2) is 34.6 Å². The Labute approximate surface area is 154 Å². The Balaban J connectivity index is 2.01. The van der Waals surface area contributed by atoms with Crippen LogP contribution in [0, 0.1) is 13.8 Å². The fraction of sp³-hybridized carbons (Fsp3) is 0.316. The Morgan fingerprint density at radius 3 is 2.42 bits per heavy atom. The molecule has 0 spiro atoms. The number of sulfonamides is 1. The van der Waals surface area contributed by atoms with Gasteiger partial charge in [-0.05, 0) is 48.7 Å². The maximum absolute atomic E-state index is 12.5. The lowest BCUT2D eigenvalue weighted by Gasteiger charge is -2.11. The summed E-state index contributed by atoms with van der Waals surface area (Å²) in [5, 5.41) is 2.73. The normalized spacial score (nSPS) is 11.3. The number of methoxy groups -OCH3 is 1. The minimum absolute atomic E-state index is 0.154. The largest absolute Gasteiger partial charge is 0.383 e. The zero-order valence-electron chi connectivity index (χ0n) is 15.2. The molecule has 2 N–H and O–H groups in total. The van der Waals surface area contributed by atoms with Gasteiger partial charge in [0.2, 0.25) is 10.0 Å². The first-order chi connectivity index (χ1) is 12.3. The number of rotatable bonds is 8. The van der Waals surface area contributed by atoms with Crippen LogP contribution in [0.25, 0.3) is 0 Å². The van der Waals surface area contributed by atoms with Gasteiger partial charge in [0.15, 0.2) is 0 Å². The molecule has 0 bridgehead atoms. The van der Waals surface area contributed by atoms with Crippen LogP contribution in [0.4, 0.5) is 0 Å². The maximum atomic E-state index is 12.5. The number of hydrogen-bond donors (Lipinski definition) is 2. The molecule has 0 aliphatic heterocycles. The van der Waals surface area contributed by atoms with E-state index in [0.717, 1.165) is 11.1 Å². The van der Waals surface area contributed by atoms with Gasteiger partial charge in [0.1, 0.15) is 0 Å². The maximum Gasteiger partial charge on any atom is 0.251 e. The topological polar surface area (TPSA) is 84.5 Å². The summed E-state index contributed by atoms with van der Waals surface area (Å²) in [6, 6.07) is 12.1. The van der Waals surface area contributed by atoms with Crippen LogP contribution >= 0.6 is 0 Å². The molecular formula is C19H24N2O4S. The third-order valence-corrected chi connectivity index (χ3v) is 5.45. The molecule has 2 aromatic rings. The predicted octanol–water partition coefficient (Wildman–Crippen LogP) is 2.16. The average molecular weight is 376 g/mol. The second-order valence-corrected chi connectivity index (χ2v) is 7.77. The first kappa shape index (κ1) is 20.1. The predicted molar refractivity (Wildman–Crippen MR) is 101 cm³/mol. The third kappa shape index (κ3) is 5.39. The van der Waals surface area contributed by atoms with E-state index in [1.807, 2.05) is 13.0 Å². The second-order valence-electron chi connectivity index (χ2n) is 6.04. The van der Waals surface area contributed by atoms with Crippen molar-refractivity contribution in [2.45, 2.75) is 25.3 Å². The van der Waals surface area contributed by atoms with Crippen molar-refractivity contribution in [2.24, 2.45) is 0 Å². The van der Waals surface area contributed by atoms with Crippen molar-refractivity contribution in [1.82, 2.24) is 10.0 Å². The highest BCUT2D eigenvalue weighted by Gasteiger charge is 2.16. The summed E-state index contributed by atoms with van der Waals surface area (Å²) in [6.07, 6.45) is 0. The van der Waals surface area contributed by atoms with Gasteiger partial charge in [-0.15, -0.1) is 0 Å². The minimum Gasteiger partial charge on any atom is -0.383 e. The summed E-state index contributed by atoms with van der Waals surface area (Å²) < 4.78 is 32.5. The van der Waals surface area contributed by atoms with E-state index >= 15 is 0 Å². The Morgan fingerprint density at radius 1 is 1.08 bits per heavy atom. The number of carbonyl (C=O) groups excluding carboxylic acids is 1. The molecule has 140 valence electrons. The Kier molecular flexibility index (Phi) is 6.90. The molecule has 0 saturated carbocycles. The number of carbonyl (C=O) groups is 1. The quantitative estimate of drug-likeness (QED) is 0.692. The highest BCUT2D eigenvalue weighted by Crippen LogP contribution is 2.17. The van der Waals surface area contributed by atoms with E-state index in [1.165, 1.54) is 0 Å². The molecule has 7 heteroatoms. The molecule has 0 atom stereocenters. The molecule has 0 aliphatic carbocycles. The average Bonchev–Trinajstić information content (AvgIpc) is 2.62. The molecule has 2 aromatic carbocycles. The van der Waals surface area contributed by atoms with E-state index in [0.29, 0.717) is 24.3 Å². The molecule has 26 heavy (non-hydrogen) atoms. The summed E-state index contributed by atoms with van der Waals surface area (Å²) in [5.41, 5.74) is 2.88. The van der Waals surface area contributed by atoms with Crippen molar-refractivity contribution in [1.29, 1.82) is 0 Å². The lowest BCUT2D eigenvalue weighted by atomic mass is 10.1. The summed E-state index contributed by atoms with van der Waals surface area (Å²) >= 11 is 0. The van der Waals surface area contributed by atoms with Gasteiger partial charge in [-0.25, -0.2) is 13.1 Å². The van der Waals surface area contributed by atoms with E-state index in [1.54, 1.807) is 50.4 Å². The highest BCUT2D eigenvalue weighted by molar-refractivity contribution is 7.89. The van der Waals surface area contributed by atoms with Crippen molar-refractivity contribution < 1.29 is 17.9 Å². The minimum atomic E-state index is -3.60. The van der Waals surface area contributed by atoms with Crippen molar-refractivity contribution >= 4 is 15.9 Å². The van der Waals surface area contributed by atoms with Gasteiger partial charge in [-0.2, -0.15) is 0 Å². The summed E-state index contributed by atoms with van der Waals surface area (Å²) in [4.78, 5) is 12.2. The van der Waals surface area contributed by atoms with E-state index < -0.39 is 10.0 Å². The Hall–Kier alpha value is -2.22. The van der Waals surface area contributed by atoms with Crippen LogP contribution in [0.3, 0.4) is 0 Å². The fourth-order valence-electron chi connectivity index (χ4n) is 2.40. The zero-order valence-corrected chi connectivity index (χ0v) is 16.0. The van der Waals surface area contributed by atoms with Crippen LogP contribution in [0.5, 0.6) is 0 Å². The molecule has 0 aromatic heterocycles. The van der Waals surface area contributed by atoms with Crippen molar-refractivity contribution in [2.75, 3.05) is 20.3 Å². The van der Waals surface area contributed by atoms with Gasteiger partial charge in [-0.3, -0.25) is 4.79 Å². The molecule has 0 radical (unpaired) electrons. The van der Waals surface area contributed by atoms with E-state index in [-0.39, 0.29) is 17.3 Å². The monoisotopic (exact) mass is 376 g/mol. The standard InChI is InChI=1S/C19H24N2O4S/c1-14-4-5-15(2)18(12-14)26(23,24)21-13-16-6-8-17(9-7-16)19(22)20-10-11-25-3/h4-9,12,21H,10-11,13H2,1-3H3,(H,20,22). The Morgan fingerprint density at radius 2 is 1.77 bits per heavy atom. The SMILES string of the molecule is COCCNC(=O)c1ccc(CNS(=O)(=O)c2cc(C)ccc2C)cc1. The molecular weight excluding hydrogens is 352 g/mol. The van der Waals surface area contributed by atoms with Crippen LogP contribution in [-0.2, 0) is 21.3 Å². The molecule has 0 fully saturated rings. The number of hydrogen-bond acceptors (Lipinski definition) is 4. The number of ether oxygens (including phenoxy) is 1. The van der Waals surface area contributed by atoms with Crippen molar-refractivity contribution in [3.8, 4) is 0 Å². The van der Waals surface area contributed by atoms with Gasteiger partial charge >= 0.3 is 0 Å². The van der Waals surface area contributed by atoms with Crippen LogP contribution in [0.2, 0.25) is 0 Å². The molecule has 0 unspecified atom stereocenters. The molecule has 6 nitrogen and oxygen atoms in total. The molecule has 2 rings (SSSR count). The molecule has 0 aliphatic rings. The highest BCUT2D eigenvalue weighted by atomic mass is 32.2. The van der Waals surface area contributed by atoms with Gasteiger partial charge in [0.25, 0.3) is 5.91 Å². The van der Waals surface area contributed by atoms with Crippen LogP contribution in [0.15, 0.2) is 47.4 Å². The number of benzene rings is 2. The van der Waals surface area contributed by atoms with E-state index in [2.05, 4.69) is 10.0 Å². The van der Waals surface area contributed by atoms with E-state index in [9.17, 15) is 13.2 Å². The summed E-state index contributed by atoms with van der Waals surface area (Å²) in [6.45, 7) is 4.66. The molecule has 0 heterocycles. The third-order valence-electron chi connectivity index (χ3n) is 3.91. The van der Waals surface area contributed by atoms with Crippen molar-refractivity contribution in [3.63, 3.8) is 0 Å². The smallest absolute Gasteiger partial charge is 0.251 e. The fourth-order valence-corrected chi connectivity index (χ4v) is 3.74. The molecule has 1 amide bonds. The van der Waals surface area contributed by atoms with Gasteiger partial charge in [-0.1, -0.05) is 24.3 Å². The van der Waals surface area contributed by atoms with Gasteiger partial charge < -0.3 is 10.1 Å². The second kappa shape index (κ2) is 8.93. The van der Waals surface area contributed by atoms with Gasteiger partial charge in [0.05, 0.1) is 11.5 Å². The first-order valence-electron chi connectivity index (χ1n) is 8.26. The number of aryl methyl sites for hydroxylation is 2. The van der Waals surface area contributed by atoms with Crippen LogP contribution < -0.4 is 10.0 Å². The van der Waals surface area contributed by atoms with E-state index in [4.69, 9.17) is 4.74 Å². The number of amides is 1. The van der Waals surface area contributed by atoms with Gasteiger partial charge in [0, 0.05) is 25.8 Å². The first-order valence-corrected chi connectivity index (χ1v) is 9.75. The molecule has 0 saturated heterocycles. The lowest BCUT2D eigenvalue weighted by Crippen LogP contribution is -2.27. The summed E-state index contributed by atoms with van der Waals surface area (Å²) in [7, 11) is -2.03. The Bertz CT molecular complexity index is 862. The zero-order chi connectivity index (χ0) is 19.2. The lowest BCUT2D eigenvalue weighted by molar-refractivity contribution is 0.0937.